The number of nitrogens with one attached hydrogen (secondary N) is 1. The first-order valence-corrected chi connectivity index (χ1v) is 9.23. The van der Waals surface area contributed by atoms with Crippen LogP contribution < -0.4 is 5.32 Å². The van der Waals surface area contributed by atoms with Gasteiger partial charge in [-0.1, -0.05) is 54.6 Å². The molecule has 0 bridgehead atoms. The van der Waals surface area contributed by atoms with Crippen molar-refractivity contribution in [1.82, 2.24) is 5.32 Å². The molecule has 0 radical (unpaired) electrons. The van der Waals surface area contributed by atoms with Crippen LogP contribution in [0.3, 0.4) is 0 Å². The highest BCUT2D eigenvalue weighted by molar-refractivity contribution is 5.85. The number of amides is 1. The zero-order valence-electron chi connectivity index (χ0n) is 14.7. The standard InChI is InChI=1S/C22H23NO3/c24-20(19-13-22(19)11-10-16-8-4-5-9-18(16)22)23-14-17(21(25)26)12-15-6-2-1-3-7-15/h1-9,17,19H,10-14H2,(H,23,24)(H,25,26). The van der Waals surface area contributed by atoms with Crippen molar-refractivity contribution in [2.45, 2.75) is 31.1 Å². The number of carboxylic acids is 1. The minimum absolute atomic E-state index is 0.000940. The van der Waals surface area contributed by atoms with Crippen LogP contribution in [0.4, 0.5) is 0 Å². The number of aryl methyl sites for hydroxylation is 1. The maximum absolute atomic E-state index is 12.7. The number of rotatable bonds is 6. The van der Waals surface area contributed by atoms with E-state index < -0.39 is 11.9 Å². The van der Waals surface area contributed by atoms with Crippen LogP contribution in [-0.4, -0.2) is 23.5 Å². The molecule has 4 nitrogen and oxygen atoms in total. The molecule has 1 saturated carbocycles. The monoisotopic (exact) mass is 349 g/mol. The van der Waals surface area contributed by atoms with Crippen LogP contribution in [0.2, 0.25) is 0 Å². The van der Waals surface area contributed by atoms with Crippen LogP contribution in [0, 0.1) is 11.8 Å². The maximum Gasteiger partial charge on any atom is 0.308 e. The van der Waals surface area contributed by atoms with Crippen LogP contribution in [0.25, 0.3) is 0 Å². The number of carbonyl (C=O) groups is 2. The maximum atomic E-state index is 12.7. The number of benzene rings is 2. The van der Waals surface area contributed by atoms with E-state index in [1.54, 1.807) is 0 Å². The number of fused-ring (bicyclic) bond motifs is 2. The van der Waals surface area contributed by atoms with Gasteiger partial charge in [-0.3, -0.25) is 9.59 Å². The fourth-order valence-electron chi connectivity index (χ4n) is 4.43. The van der Waals surface area contributed by atoms with Gasteiger partial charge < -0.3 is 10.4 Å². The van der Waals surface area contributed by atoms with Gasteiger partial charge in [0.2, 0.25) is 5.91 Å². The lowest BCUT2D eigenvalue weighted by Gasteiger charge is -2.15. The highest BCUT2D eigenvalue weighted by Crippen LogP contribution is 2.61. The fraction of sp³-hybridized carbons (Fsp3) is 0.364. The molecule has 4 heteroatoms. The third-order valence-corrected chi connectivity index (χ3v) is 5.98. The SMILES string of the molecule is O=C(O)C(CNC(=O)C1CC12CCc1ccccc12)Cc1ccccc1. The summed E-state index contributed by atoms with van der Waals surface area (Å²) in [4.78, 5) is 24.2. The van der Waals surface area contributed by atoms with Gasteiger partial charge in [0.25, 0.3) is 0 Å². The van der Waals surface area contributed by atoms with Gasteiger partial charge in [0, 0.05) is 17.9 Å². The second kappa shape index (κ2) is 6.60. The van der Waals surface area contributed by atoms with Gasteiger partial charge >= 0.3 is 5.97 Å². The number of aliphatic carboxylic acids is 1. The summed E-state index contributed by atoms with van der Waals surface area (Å²) in [5.74, 6) is -1.49. The predicted octanol–water partition coefficient (Wildman–Crippen LogP) is 2.95. The van der Waals surface area contributed by atoms with Gasteiger partial charge in [-0.2, -0.15) is 0 Å². The largest absolute Gasteiger partial charge is 0.481 e. The molecule has 2 N–H and O–H groups in total. The van der Waals surface area contributed by atoms with E-state index in [2.05, 4.69) is 23.5 Å². The van der Waals surface area contributed by atoms with E-state index in [0.29, 0.717) is 6.42 Å². The third kappa shape index (κ3) is 3.00. The Kier molecular flexibility index (Phi) is 4.27. The first-order valence-electron chi connectivity index (χ1n) is 9.23. The lowest BCUT2D eigenvalue weighted by molar-refractivity contribution is -0.141. The normalized spacial score (nSPS) is 24.1. The summed E-state index contributed by atoms with van der Waals surface area (Å²) in [6.07, 6.45) is 3.36. The van der Waals surface area contributed by atoms with Crippen molar-refractivity contribution in [3.8, 4) is 0 Å². The van der Waals surface area contributed by atoms with E-state index in [0.717, 1.165) is 24.8 Å². The van der Waals surface area contributed by atoms with Crippen molar-refractivity contribution < 1.29 is 14.7 Å². The molecule has 0 saturated heterocycles. The van der Waals surface area contributed by atoms with Crippen LogP contribution in [-0.2, 0) is 27.8 Å². The topological polar surface area (TPSA) is 66.4 Å². The molecule has 1 amide bonds. The molecular formula is C22H23NO3. The number of carboxylic acid groups (broad SMARTS) is 1. The van der Waals surface area contributed by atoms with E-state index in [9.17, 15) is 14.7 Å². The van der Waals surface area contributed by atoms with E-state index in [4.69, 9.17) is 0 Å². The molecule has 0 aromatic heterocycles. The zero-order chi connectivity index (χ0) is 18.1. The summed E-state index contributed by atoms with van der Waals surface area (Å²) in [5.41, 5.74) is 3.65. The summed E-state index contributed by atoms with van der Waals surface area (Å²) in [6, 6.07) is 17.9. The minimum Gasteiger partial charge on any atom is -0.481 e. The van der Waals surface area contributed by atoms with E-state index >= 15 is 0 Å². The molecule has 2 aromatic carbocycles. The summed E-state index contributed by atoms with van der Waals surface area (Å²) in [5, 5.41) is 12.4. The Labute approximate surface area is 153 Å². The van der Waals surface area contributed by atoms with Crippen LogP contribution in [0.1, 0.15) is 29.5 Å². The molecule has 2 aliphatic rings. The number of carbonyl (C=O) groups excluding carboxylic acids is 1. The van der Waals surface area contributed by atoms with E-state index in [-0.39, 0.29) is 23.8 Å². The number of hydrogen-bond acceptors (Lipinski definition) is 2. The Balaban J connectivity index is 1.38. The average Bonchev–Trinajstić information content (AvgIpc) is 3.28. The van der Waals surface area contributed by atoms with Gasteiger partial charge in [-0.05, 0) is 42.4 Å². The quantitative estimate of drug-likeness (QED) is 0.843. The van der Waals surface area contributed by atoms with Crippen molar-refractivity contribution >= 4 is 11.9 Å². The van der Waals surface area contributed by atoms with Crippen molar-refractivity contribution in [2.24, 2.45) is 11.8 Å². The Morgan fingerprint density at radius 3 is 2.62 bits per heavy atom. The van der Waals surface area contributed by atoms with Crippen molar-refractivity contribution in [3.05, 3.63) is 71.3 Å². The van der Waals surface area contributed by atoms with E-state index in [1.165, 1.54) is 11.1 Å². The molecule has 134 valence electrons. The second-order valence-corrected chi connectivity index (χ2v) is 7.54. The molecule has 2 aliphatic carbocycles. The highest BCUT2D eigenvalue weighted by atomic mass is 16.4. The predicted molar refractivity (Wildman–Crippen MR) is 98.8 cm³/mol. The zero-order valence-corrected chi connectivity index (χ0v) is 14.7. The highest BCUT2D eigenvalue weighted by Gasteiger charge is 2.61. The molecule has 4 rings (SSSR count). The van der Waals surface area contributed by atoms with Crippen molar-refractivity contribution in [1.29, 1.82) is 0 Å². The molecular weight excluding hydrogens is 326 g/mol. The average molecular weight is 349 g/mol. The molecule has 1 fully saturated rings. The molecule has 3 unspecified atom stereocenters. The van der Waals surface area contributed by atoms with Gasteiger partial charge in [-0.15, -0.1) is 0 Å². The van der Waals surface area contributed by atoms with E-state index in [1.807, 2.05) is 36.4 Å². The first kappa shape index (κ1) is 16.8. The molecule has 26 heavy (non-hydrogen) atoms. The smallest absolute Gasteiger partial charge is 0.308 e. The van der Waals surface area contributed by atoms with Gasteiger partial charge in [0.1, 0.15) is 0 Å². The molecule has 1 spiro atoms. The van der Waals surface area contributed by atoms with Crippen LogP contribution >= 0.6 is 0 Å². The molecule has 0 heterocycles. The fourth-order valence-corrected chi connectivity index (χ4v) is 4.43. The molecule has 0 aliphatic heterocycles. The van der Waals surface area contributed by atoms with Crippen LogP contribution in [0.5, 0.6) is 0 Å². The molecule has 3 atom stereocenters. The van der Waals surface area contributed by atoms with Crippen molar-refractivity contribution in [3.63, 3.8) is 0 Å². The Morgan fingerprint density at radius 1 is 1.12 bits per heavy atom. The third-order valence-electron chi connectivity index (χ3n) is 5.98. The summed E-state index contributed by atoms with van der Waals surface area (Å²) in [7, 11) is 0. The number of hydrogen-bond donors (Lipinski definition) is 2. The summed E-state index contributed by atoms with van der Waals surface area (Å²) < 4.78 is 0. The van der Waals surface area contributed by atoms with Crippen LogP contribution in [0.15, 0.2) is 54.6 Å². The lowest BCUT2D eigenvalue weighted by Crippen LogP contribution is -2.36. The van der Waals surface area contributed by atoms with Gasteiger partial charge in [0.15, 0.2) is 0 Å². The van der Waals surface area contributed by atoms with Gasteiger partial charge in [-0.25, -0.2) is 0 Å². The van der Waals surface area contributed by atoms with Gasteiger partial charge in [0.05, 0.1) is 5.92 Å². The second-order valence-electron chi connectivity index (χ2n) is 7.54. The van der Waals surface area contributed by atoms with Crippen molar-refractivity contribution in [2.75, 3.05) is 6.54 Å². The summed E-state index contributed by atoms with van der Waals surface area (Å²) in [6.45, 7) is 0.178. The Bertz CT molecular complexity index is 832. The summed E-state index contributed by atoms with van der Waals surface area (Å²) >= 11 is 0. The Morgan fingerprint density at radius 2 is 1.85 bits per heavy atom. The minimum atomic E-state index is -0.870. The molecule has 2 aromatic rings. The first-order chi connectivity index (χ1) is 12.6. The Hall–Kier alpha value is -2.62. The lowest BCUT2D eigenvalue weighted by atomic mass is 9.95.